The summed E-state index contributed by atoms with van der Waals surface area (Å²) < 4.78 is 32.2. The van der Waals surface area contributed by atoms with Crippen LogP contribution in [0.25, 0.3) is 0 Å². The monoisotopic (exact) mass is 487 g/mol. The summed E-state index contributed by atoms with van der Waals surface area (Å²) in [5, 5.41) is 2.74. The number of amides is 2. The van der Waals surface area contributed by atoms with Gasteiger partial charge in [-0.1, -0.05) is 12.1 Å². The normalized spacial score (nSPS) is 17.4. The quantitative estimate of drug-likeness (QED) is 0.638. The predicted octanol–water partition coefficient (Wildman–Crippen LogP) is 0.701. The van der Waals surface area contributed by atoms with Crippen LogP contribution in [0.4, 0.5) is 5.82 Å². The van der Waals surface area contributed by atoms with Gasteiger partial charge in [0.25, 0.3) is 5.91 Å². The van der Waals surface area contributed by atoms with Crippen molar-refractivity contribution in [3.05, 3.63) is 53.7 Å². The van der Waals surface area contributed by atoms with Crippen LogP contribution < -0.4 is 10.2 Å². The summed E-state index contributed by atoms with van der Waals surface area (Å²) in [5.74, 6) is 0.557. The molecule has 2 aliphatic rings. The maximum atomic E-state index is 12.9. The van der Waals surface area contributed by atoms with E-state index in [1.54, 1.807) is 29.2 Å². The molecule has 2 aromatic rings. The van der Waals surface area contributed by atoms with Crippen LogP contribution in [0.1, 0.15) is 22.8 Å². The molecule has 2 fully saturated rings. The van der Waals surface area contributed by atoms with Gasteiger partial charge in [0.15, 0.2) is 0 Å². The van der Waals surface area contributed by atoms with Gasteiger partial charge in [-0.05, 0) is 29.8 Å². The summed E-state index contributed by atoms with van der Waals surface area (Å²) in [7, 11) is -3.57. The lowest BCUT2D eigenvalue weighted by atomic mass is 10.1. The molecule has 2 amide bonds. The number of nitrogens with zero attached hydrogens (tertiary/aromatic N) is 4. The second kappa shape index (κ2) is 10.5. The molecule has 182 valence electrons. The number of hydrogen-bond donors (Lipinski definition) is 1. The molecule has 2 saturated heterocycles. The number of piperazine rings is 1. The molecule has 11 heteroatoms. The lowest BCUT2D eigenvalue weighted by molar-refractivity contribution is -0.119. The SMILES string of the molecule is CC(=O)NCc1ccc(C(=O)N2CCN(c3ccc(S(=O)(=O)N4CCOCC4)cn3)CC2)cc1. The van der Waals surface area contributed by atoms with E-state index < -0.39 is 10.0 Å². The average Bonchev–Trinajstić information content (AvgIpc) is 2.88. The third-order valence-corrected chi connectivity index (χ3v) is 7.84. The standard InChI is InChI=1S/C23H29N5O5S/c1-18(29)24-16-19-2-4-20(5-3-19)23(30)27-10-8-26(9-11-27)22-7-6-21(17-25-22)34(31,32)28-12-14-33-15-13-28/h2-7,17H,8-16H2,1H3,(H,24,29). The minimum Gasteiger partial charge on any atom is -0.379 e. The summed E-state index contributed by atoms with van der Waals surface area (Å²) in [6, 6.07) is 10.6. The Balaban J connectivity index is 1.32. The van der Waals surface area contributed by atoms with Crippen molar-refractivity contribution in [2.45, 2.75) is 18.4 Å². The Morgan fingerprint density at radius 3 is 2.24 bits per heavy atom. The summed E-state index contributed by atoms with van der Waals surface area (Å²) in [4.78, 5) is 32.3. The van der Waals surface area contributed by atoms with E-state index in [4.69, 9.17) is 4.74 Å². The zero-order valence-electron chi connectivity index (χ0n) is 19.1. The van der Waals surface area contributed by atoms with Crippen molar-refractivity contribution in [3.8, 4) is 0 Å². The summed E-state index contributed by atoms with van der Waals surface area (Å²) in [6.45, 7) is 5.69. The number of morpholine rings is 1. The number of ether oxygens (including phenoxy) is 1. The van der Waals surface area contributed by atoms with Crippen molar-refractivity contribution in [1.82, 2.24) is 19.5 Å². The van der Waals surface area contributed by atoms with Crippen LogP contribution in [-0.2, 0) is 26.1 Å². The van der Waals surface area contributed by atoms with Crippen LogP contribution in [0.3, 0.4) is 0 Å². The van der Waals surface area contributed by atoms with E-state index in [0.717, 1.165) is 5.56 Å². The number of anilines is 1. The number of pyridine rings is 1. The highest BCUT2D eigenvalue weighted by atomic mass is 32.2. The van der Waals surface area contributed by atoms with E-state index in [1.807, 2.05) is 17.0 Å². The Kier molecular flexibility index (Phi) is 7.44. The van der Waals surface area contributed by atoms with E-state index >= 15 is 0 Å². The second-order valence-electron chi connectivity index (χ2n) is 8.25. The van der Waals surface area contributed by atoms with E-state index in [2.05, 4.69) is 10.3 Å². The summed E-state index contributed by atoms with van der Waals surface area (Å²) in [5.41, 5.74) is 1.54. The Morgan fingerprint density at radius 2 is 1.65 bits per heavy atom. The highest BCUT2D eigenvalue weighted by Gasteiger charge is 2.27. The molecule has 10 nitrogen and oxygen atoms in total. The topological polar surface area (TPSA) is 112 Å². The molecule has 1 aromatic heterocycles. The number of carbonyl (C=O) groups excluding carboxylic acids is 2. The van der Waals surface area contributed by atoms with Gasteiger partial charge in [-0.2, -0.15) is 4.31 Å². The van der Waals surface area contributed by atoms with Gasteiger partial charge < -0.3 is 19.9 Å². The first-order valence-corrected chi connectivity index (χ1v) is 12.7. The number of rotatable bonds is 6. The number of sulfonamides is 1. The van der Waals surface area contributed by atoms with E-state index in [-0.39, 0.29) is 16.7 Å². The first kappa shape index (κ1) is 24.1. The predicted molar refractivity (Wildman–Crippen MR) is 126 cm³/mol. The molecular weight excluding hydrogens is 458 g/mol. The molecule has 2 aliphatic heterocycles. The minimum atomic E-state index is -3.57. The van der Waals surface area contributed by atoms with E-state index in [9.17, 15) is 18.0 Å². The molecule has 0 aliphatic carbocycles. The highest BCUT2D eigenvalue weighted by Crippen LogP contribution is 2.20. The Morgan fingerprint density at radius 1 is 0.971 bits per heavy atom. The van der Waals surface area contributed by atoms with Gasteiger partial charge in [0.2, 0.25) is 15.9 Å². The fraction of sp³-hybridized carbons (Fsp3) is 0.435. The highest BCUT2D eigenvalue weighted by molar-refractivity contribution is 7.89. The third kappa shape index (κ3) is 5.54. The van der Waals surface area contributed by atoms with Crippen molar-refractivity contribution < 1.29 is 22.7 Å². The first-order chi connectivity index (χ1) is 16.3. The maximum Gasteiger partial charge on any atom is 0.253 e. The molecule has 0 saturated carbocycles. The lowest BCUT2D eigenvalue weighted by Crippen LogP contribution is -2.49. The molecule has 4 rings (SSSR count). The number of nitrogens with one attached hydrogen (secondary N) is 1. The van der Waals surface area contributed by atoms with Crippen LogP contribution in [-0.4, -0.2) is 86.9 Å². The second-order valence-corrected chi connectivity index (χ2v) is 10.2. The number of benzene rings is 1. The van der Waals surface area contributed by atoms with Gasteiger partial charge in [0.1, 0.15) is 10.7 Å². The van der Waals surface area contributed by atoms with Crippen LogP contribution in [0.5, 0.6) is 0 Å². The zero-order chi connectivity index (χ0) is 24.1. The van der Waals surface area contributed by atoms with Crippen molar-refractivity contribution in [3.63, 3.8) is 0 Å². The molecule has 0 bridgehead atoms. The molecule has 34 heavy (non-hydrogen) atoms. The van der Waals surface area contributed by atoms with E-state index in [0.29, 0.717) is 70.4 Å². The van der Waals surface area contributed by atoms with Gasteiger partial charge in [-0.25, -0.2) is 13.4 Å². The Labute approximate surface area is 199 Å². The lowest BCUT2D eigenvalue weighted by Gasteiger charge is -2.35. The average molecular weight is 488 g/mol. The van der Waals surface area contributed by atoms with E-state index in [1.165, 1.54) is 17.4 Å². The first-order valence-electron chi connectivity index (χ1n) is 11.3. The molecule has 0 atom stereocenters. The van der Waals surface area contributed by atoms with Crippen LogP contribution in [0.2, 0.25) is 0 Å². The van der Waals surface area contributed by atoms with Gasteiger partial charge in [-0.15, -0.1) is 0 Å². The van der Waals surface area contributed by atoms with Crippen molar-refractivity contribution in [1.29, 1.82) is 0 Å². The molecule has 0 spiro atoms. The van der Waals surface area contributed by atoms with Gasteiger partial charge in [0, 0.05) is 64.5 Å². The number of aromatic nitrogens is 1. The maximum absolute atomic E-state index is 12.9. The fourth-order valence-electron chi connectivity index (χ4n) is 3.96. The van der Waals surface area contributed by atoms with Gasteiger partial charge >= 0.3 is 0 Å². The Bertz CT molecular complexity index is 1110. The molecule has 0 unspecified atom stereocenters. The number of carbonyl (C=O) groups is 2. The summed E-state index contributed by atoms with van der Waals surface area (Å²) >= 11 is 0. The van der Waals surface area contributed by atoms with Gasteiger partial charge in [-0.3, -0.25) is 9.59 Å². The van der Waals surface area contributed by atoms with Crippen molar-refractivity contribution in [2.75, 3.05) is 57.4 Å². The Hall–Kier alpha value is -3.02. The van der Waals surface area contributed by atoms with Crippen LogP contribution in [0, 0.1) is 0 Å². The molecule has 1 aromatic carbocycles. The zero-order valence-corrected chi connectivity index (χ0v) is 20.0. The molecular formula is C23H29N5O5S. The fourth-order valence-corrected chi connectivity index (χ4v) is 5.31. The van der Waals surface area contributed by atoms with Gasteiger partial charge in [0.05, 0.1) is 13.2 Å². The van der Waals surface area contributed by atoms with Crippen LogP contribution >= 0.6 is 0 Å². The van der Waals surface area contributed by atoms with Crippen molar-refractivity contribution >= 4 is 27.7 Å². The van der Waals surface area contributed by atoms with Crippen molar-refractivity contribution in [2.24, 2.45) is 0 Å². The van der Waals surface area contributed by atoms with Crippen LogP contribution in [0.15, 0.2) is 47.5 Å². The minimum absolute atomic E-state index is 0.0364. The molecule has 1 N–H and O–H groups in total. The smallest absolute Gasteiger partial charge is 0.253 e. The summed E-state index contributed by atoms with van der Waals surface area (Å²) in [6.07, 6.45) is 1.40. The molecule has 3 heterocycles. The number of hydrogen-bond acceptors (Lipinski definition) is 7. The third-order valence-electron chi connectivity index (χ3n) is 5.96. The largest absolute Gasteiger partial charge is 0.379 e. The molecule has 0 radical (unpaired) electrons.